The molecule has 0 bridgehead atoms. The van der Waals surface area contributed by atoms with Crippen molar-refractivity contribution < 1.29 is 9.53 Å². The Labute approximate surface area is 126 Å². The van der Waals surface area contributed by atoms with E-state index in [1.807, 2.05) is 0 Å². The molecule has 0 aromatic heterocycles. The Kier molecular flexibility index (Phi) is 3.24. The molecule has 21 heavy (non-hydrogen) atoms. The standard InChI is InChI=1S/C17H24N2O2/c1-9-7-13(18(4)5)15-11(3)14-12(8-21-17(14)20)10(2)16(15)19(9)6/h9,13H,7-8H2,1-6H3. The molecule has 1 aromatic carbocycles. The summed E-state index contributed by atoms with van der Waals surface area (Å²) in [5.74, 6) is -0.160. The summed E-state index contributed by atoms with van der Waals surface area (Å²) in [5.41, 5.74) is 6.79. The van der Waals surface area contributed by atoms with E-state index in [1.54, 1.807) is 0 Å². The third-order valence-corrected chi connectivity index (χ3v) is 5.23. The number of carbonyl (C=O) groups is 1. The molecular formula is C17H24N2O2. The van der Waals surface area contributed by atoms with E-state index in [0.29, 0.717) is 18.7 Å². The highest BCUT2D eigenvalue weighted by molar-refractivity contribution is 5.97. The summed E-state index contributed by atoms with van der Waals surface area (Å²) in [5, 5.41) is 0. The van der Waals surface area contributed by atoms with E-state index in [9.17, 15) is 4.79 Å². The maximum atomic E-state index is 12.1. The van der Waals surface area contributed by atoms with Crippen LogP contribution >= 0.6 is 0 Å². The van der Waals surface area contributed by atoms with Crippen LogP contribution in [-0.4, -0.2) is 38.1 Å². The van der Waals surface area contributed by atoms with E-state index in [4.69, 9.17) is 4.74 Å². The predicted molar refractivity (Wildman–Crippen MR) is 83.9 cm³/mol. The first-order valence-electron chi connectivity index (χ1n) is 7.56. The minimum atomic E-state index is -0.160. The Morgan fingerprint density at radius 2 is 1.90 bits per heavy atom. The molecule has 4 nitrogen and oxygen atoms in total. The second-order valence-electron chi connectivity index (χ2n) is 6.62. The van der Waals surface area contributed by atoms with Crippen molar-refractivity contribution in [2.75, 3.05) is 26.0 Å². The number of carbonyl (C=O) groups excluding carboxylic acids is 1. The van der Waals surface area contributed by atoms with Crippen molar-refractivity contribution >= 4 is 11.7 Å². The van der Waals surface area contributed by atoms with Crippen molar-refractivity contribution in [1.82, 2.24) is 4.90 Å². The third-order valence-electron chi connectivity index (χ3n) is 5.23. The van der Waals surface area contributed by atoms with Gasteiger partial charge in [-0.05, 0) is 58.0 Å². The molecule has 0 saturated carbocycles. The van der Waals surface area contributed by atoms with Crippen LogP contribution < -0.4 is 4.90 Å². The number of cyclic esters (lactones) is 1. The molecule has 0 fully saturated rings. The van der Waals surface area contributed by atoms with E-state index in [1.165, 1.54) is 16.8 Å². The Balaban J connectivity index is 2.33. The van der Waals surface area contributed by atoms with Gasteiger partial charge in [0.1, 0.15) is 6.61 Å². The second-order valence-corrected chi connectivity index (χ2v) is 6.62. The molecule has 4 heteroatoms. The van der Waals surface area contributed by atoms with Crippen LogP contribution in [0.1, 0.15) is 52.0 Å². The Bertz CT molecular complexity index is 622. The lowest BCUT2D eigenvalue weighted by Crippen LogP contribution is -2.40. The summed E-state index contributed by atoms with van der Waals surface area (Å²) < 4.78 is 5.29. The van der Waals surface area contributed by atoms with Gasteiger partial charge in [-0.2, -0.15) is 0 Å². The van der Waals surface area contributed by atoms with Gasteiger partial charge in [-0.25, -0.2) is 4.79 Å². The fourth-order valence-corrected chi connectivity index (χ4v) is 3.89. The number of benzene rings is 1. The molecule has 0 radical (unpaired) electrons. The Hall–Kier alpha value is -1.55. The van der Waals surface area contributed by atoms with Gasteiger partial charge in [-0.1, -0.05) is 0 Å². The highest BCUT2D eigenvalue weighted by atomic mass is 16.5. The van der Waals surface area contributed by atoms with Gasteiger partial charge in [0.25, 0.3) is 0 Å². The Morgan fingerprint density at radius 3 is 2.52 bits per heavy atom. The molecule has 2 heterocycles. The molecule has 0 saturated heterocycles. The van der Waals surface area contributed by atoms with Gasteiger partial charge in [0.2, 0.25) is 0 Å². The van der Waals surface area contributed by atoms with Gasteiger partial charge in [0, 0.05) is 30.4 Å². The molecule has 0 amide bonds. The van der Waals surface area contributed by atoms with Gasteiger partial charge in [0.05, 0.1) is 5.56 Å². The van der Waals surface area contributed by atoms with Crippen molar-refractivity contribution in [2.45, 2.75) is 45.9 Å². The van der Waals surface area contributed by atoms with Gasteiger partial charge in [-0.3, -0.25) is 0 Å². The molecule has 2 atom stereocenters. The molecule has 0 N–H and O–H groups in total. The summed E-state index contributed by atoms with van der Waals surface area (Å²) >= 11 is 0. The lowest BCUT2D eigenvalue weighted by atomic mass is 9.82. The number of hydrogen-bond donors (Lipinski definition) is 0. The molecule has 2 aliphatic heterocycles. The fourth-order valence-electron chi connectivity index (χ4n) is 3.89. The molecular weight excluding hydrogens is 264 g/mol. The van der Waals surface area contributed by atoms with Gasteiger partial charge in [-0.15, -0.1) is 0 Å². The monoisotopic (exact) mass is 288 g/mol. The zero-order chi connectivity index (χ0) is 15.5. The van der Waals surface area contributed by atoms with E-state index in [-0.39, 0.29) is 5.97 Å². The second kappa shape index (κ2) is 4.73. The summed E-state index contributed by atoms with van der Waals surface area (Å²) in [7, 11) is 6.39. The van der Waals surface area contributed by atoms with Crippen LogP contribution in [0.3, 0.4) is 0 Å². The van der Waals surface area contributed by atoms with Crippen LogP contribution in [-0.2, 0) is 11.3 Å². The number of nitrogens with zero attached hydrogens (tertiary/aromatic N) is 2. The zero-order valence-electron chi connectivity index (χ0n) is 13.8. The summed E-state index contributed by atoms with van der Waals surface area (Å²) in [6.07, 6.45) is 1.07. The molecule has 0 spiro atoms. The number of fused-ring (bicyclic) bond motifs is 2. The predicted octanol–water partition coefficient (Wildman–Crippen LogP) is 2.80. The maximum Gasteiger partial charge on any atom is 0.339 e. The minimum absolute atomic E-state index is 0.160. The van der Waals surface area contributed by atoms with Crippen LogP contribution in [0.4, 0.5) is 5.69 Å². The van der Waals surface area contributed by atoms with Gasteiger partial charge >= 0.3 is 5.97 Å². The molecule has 114 valence electrons. The number of rotatable bonds is 1. The smallest absolute Gasteiger partial charge is 0.339 e. The number of ether oxygens (including phenoxy) is 1. The van der Waals surface area contributed by atoms with Crippen molar-refractivity contribution in [3.05, 3.63) is 27.8 Å². The summed E-state index contributed by atoms with van der Waals surface area (Å²) in [6, 6.07) is 0.836. The molecule has 1 aromatic rings. The van der Waals surface area contributed by atoms with E-state index < -0.39 is 0 Å². The molecule has 3 rings (SSSR count). The molecule has 2 unspecified atom stereocenters. The van der Waals surface area contributed by atoms with Gasteiger partial charge in [0.15, 0.2) is 0 Å². The van der Waals surface area contributed by atoms with Crippen LogP contribution in [0.25, 0.3) is 0 Å². The largest absolute Gasteiger partial charge is 0.457 e. The van der Waals surface area contributed by atoms with Crippen molar-refractivity contribution in [1.29, 1.82) is 0 Å². The lowest BCUT2D eigenvalue weighted by Gasteiger charge is -2.43. The highest BCUT2D eigenvalue weighted by Crippen LogP contribution is 2.46. The molecule has 0 aliphatic carbocycles. The topological polar surface area (TPSA) is 32.8 Å². The van der Waals surface area contributed by atoms with Crippen LogP contribution in [0.2, 0.25) is 0 Å². The number of hydrogen-bond acceptors (Lipinski definition) is 4. The minimum Gasteiger partial charge on any atom is -0.457 e. The third kappa shape index (κ3) is 1.89. The van der Waals surface area contributed by atoms with Crippen molar-refractivity contribution in [2.24, 2.45) is 0 Å². The lowest BCUT2D eigenvalue weighted by molar-refractivity contribution is 0.0534. The van der Waals surface area contributed by atoms with Crippen LogP contribution in [0, 0.1) is 13.8 Å². The van der Waals surface area contributed by atoms with Crippen molar-refractivity contribution in [3.8, 4) is 0 Å². The first kappa shape index (κ1) is 14.4. The average Bonchev–Trinajstić information content (AvgIpc) is 2.81. The fraction of sp³-hybridized carbons (Fsp3) is 0.588. The quantitative estimate of drug-likeness (QED) is 0.744. The van der Waals surface area contributed by atoms with E-state index in [2.05, 4.69) is 51.7 Å². The number of esters is 1. The van der Waals surface area contributed by atoms with Gasteiger partial charge < -0.3 is 14.5 Å². The molecule has 2 aliphatic rings. The summed E-state index contributed by atoms with van der Waals surface area (Å²) in [4.78, 5) is 16.7. The zero-order valence-corrected chi connectivity index (χ0v) is 13.8. The van der Waals surface area contributed by atoms with Crippen LogP contribution in [0.15, 0.2) is 0 Å². The van der Waals surface area contributed by atoms with E-state index in [0.717, 1.165) is 23.1 Å². The van der Waals surface area contributed by atoms with Crippen molar-refractivity contribution in [3.63, 3.8) is 0 Å². The maximum absolute atomic E-state index is 12.1. The first-order chi connectivity index (χ1) is 9.84. The SMILES string of the molecule is Cc1c2c(c(C)c3c1C(N(C)C)CC(C)N3C)COC2=O. The normalized spacial score (nSPS) is 24.1. The van der Waals surface area contributed by atoms with E-state index >= 15 is 0 Å². The summed E-state index contributed by atoms with van der Waals surface area (Å²) in [6.45, 7) is 6.89. The number of anilines is 1. The highest BCUT2D eigenvalue weighted by Gasteiger charge is 2.37. The first-order valence-corrected chi connectivity index (χ1v) is 7.56. The van der Waals surface area contributed by atoms with Crippen LogP contribution in [0.5, 0.6) is 0 Å². The Morgan fingerprint density at radius 1 is 1.24 bits per heavy atom. The average molecular weight is 288 g/mol.